The first-order valence-electron chi connectivity index (χ1n) is 8.23. The summed E-state index contributed by atoms with van der Waals surface area (Å²) in [5.74, 6) is -1.94. The predicted octanol–water partition coefficient (Wildman–Crippen LogP) is 3.38. The van der Waals surface area contributed by atoms with Gasteiger partial charge in [-0.25, -0.2) is 14.4 Å². The van der Waals surface area contributed by atoms with Gasteiger partial charge in [0.15, 0.2) is 5.03 Å². The van der Waals surface area contributed by atoms with Crippen LogP contribution >= 0.6 is 11.6 Å². The van der Waals surface area contributed by atoms with Crippen molar-refractivity contribution in [3.05, 3.63) is 76.0 Å². The molecule has 0 amide bonds. The number of aryl methyl sites for hydroxylation is 1. The molecule has 28 heavy (non-hydrogen) atoms. The fourth-order valence-corrected chi connectivity index (χ4v) is 2.72. The highest BCUT2D eigenvalue weighted by atomic mass is 35.5. The highest BCUT2D eigenvalue weighted by Gasteiger charge is 2.36. The number of nitrogens with one attached hydrogen (secondary N) is 1. The van der Waals surface area contributed by atoms with Crippen LogP contribution < -0.4 is 5.32 Å². The number of hydrogen-bond acceptors (Lipinski definition) is 7. The zero-order valence-electron chi connectivity index (χ0n) is 15.0. The smallest absolute Gasteiger partial charge is 0.355 e. The Hall–Kier alpha value is -3.32. The molecule has 1 heterocycles. The maximum Gasteiger partial charge on any atom is 0.355 e. The fraction of sp³-hybridized carbons (Fsp3) is 0.150. The van der Waals surface area contributed by atoms with E-state index in [4.69, 9.17) is 21.1 Å². The molecular weight excluding hydrogens is 386 g/mol. The Kier molecular flexibility index (Phi) is 5.65. The molecule has 144 valence electrons. The second-order valence-electron chi connectivity index (χ2n) is 5.88. The monoisotopic (exact) mass is 401 g/mol. The Morgan fingerprint density at radius 3 is 2.39 bits per heavy atom. The molecule has 7 nitrogen and oxygen atoms in total. The van der Waals surface area contributed by atoms with Gasteiger partial charge in [0, 0.05) is 5.69 Å². The van der Waals surface area contributed by atoms with Crippen molar-refractivity contribution in [1.82, 2.24) is 0 Å². The van der Waals surface area contributed by atoms with Crippen molar-refractivity contribution in [1.29, 1.82) is 0 Å². The number of carbonyl (C=O) groups excluding carboxylic acids is 3. The predicted molar refractivity (Wildman–Crippen MR) is 101 cm³/mol. The Labute approximate surface area is 165 Å². The molecule has 1 aliphatic rings. The maximum absolute atomic E-state index is 12.4. The summed E-state index contributed by atoms with van der Waals surface area (Å²) < 4.78 is 15.0. The Morgan fingerprint density at radius 1 is 1.07 bits per heavy atom. The molecule has 0 unspecified atom stereocenters. The van der Waals surface area contributed by atoms with Crippen molar-refractivity contribution in [2.45, 2.75) is 13.2 Å². The van der Waals surface area contributed by atoms with Crippen molar-refractivity contribution in [2.24, 2.45) is 0 Å². The van der Waals surface area contributed by atoms with E-state index in [1.807, 2.05) is 0 Å². The Bertz CT molecular complexity index is 967. The average molecular weight is 402 g/mol. The van der Waals surface area contributed by atoms with E-state index < -0.39 is 24.2 Å². The molecule has 0 bridgehead atoms. The van der Waals surface area contributed by atoms with Gasteiger partial charge in [-0.15, -0.1) is 0 Å². The van der Waals surface area contributed by atoms with Crippen LogP contribution in [0, 0.1) is 6.92 Å². The maximum atomic E-state index is 12.4. The Balaban J connectivity index is 1.78. The largest absolute Gasteiger partial charge is 0.465 e. The van der Waals surface area contributed by atoms with Crippen LogP contribution in [0.15, 0.2) is 59.3 Å². The molecule has 1 aliphatic heterocycles. The summed E-state index contributed by atoms with van der Waals surface area (Å²) in [7, 11) is 1.29. The van der Waals surface area contributed by atoms with Gasteiger partial charge < -0.3 is 19.5 Å². The Morgan fingerprint density at radius 2 is 1.75 bits per heavy atom. The zero-order valence-corrected chi connectivity index (χ0v) is 15.8. The summed E-state index contributed by atoms with van der Waals surface area (Å²) >= 11 is 6.02. The number of ether oxygens (including phenoxy) is 3. The first-order chi connectivity index (χ1) is 13.4. The van der Waals surface area contributed by atoms with Gasteiger partial charge >= 0.3 is 17.9 Å². The third-order valence-electron chi connectivity index (χ3n) is 4.03. The fourth-order valence-electron chi connectivity index (χ4n) is 2.54. The number of cyclic esters (lactones) is 1. The number of carbonyl (C=O) groups is 3. The molecule has 1 N–H and O–H groups in total. The van der Waals surface area contributed by atoms with Crippen LogP contribution in [0.3, 0.4) is 0 Å². The van der Waals surface area contributed by atoms with Crippen LogP contribution in [0.4, 0.5) is 5.69 Å². The van der Waals surface area contributed by atoms with Crippen molar-refractivity contribution in [3.63, 3.8) is 0 Å². The van der Waals surface area contributed by atoms with Crippen LogP contribution in [0.25, 0.3) is 0 Å². The SMILES string of the molecule is COC(=O)c1ccc(NC2=C(Cl)C(=O)O[C@H]2OC(=O)c2ccccc2C)cc1. The second-order valence-corrected chi connectivity index (χ2v) is 6.26. The first kappa shape index (κ1) is 19.4. The molecular formula is C20H16ClNO6. The lowest BCUT2D eigenvalue weighted by atomic mass is 10.1. The van der Waals surface area contributed by atoms with E-state index in [0.29, 0.717) is 16.8 Å². The molecule has 2 aromatic carbocycles. The molecule has 0 saturated carbocycles. The van der Waals surface area contributed by atoms with E-state index in [0.717, 1.165) is 5.56 Å². The minimum Gasteiger partial charge on any atom is -0.465 e. The summed E-state index contributed by atoms with van der Waals surface area (Å²) in [4.78, 5) is 35.8. The summed E-state index contributed by atoms with van der Waals surface area (Å²) in [6.45, 7) is 1.77. The first-order valence-corrected chi connectivity index (χ1v) is 8.61. The minimum atomic E-state index is -1.31. The average Bonchev–Trinajstić information content (AvgIpc) is 2.95. The lowest BCUT2D eigenvalue weighted by molar-refractivity contribution is -0.152. The topological polar surface area (TPSA) is 90.9 Å². The quantitative estimate of drug-likeness (QED) is 0.768. The lowest BCUT2D eigenvalue weighted by Gasteiger charge is -2.17. The van der Waals surface area contributed by atoms with Gasteiger partial charge in [0.1, 0.15) is 5.70 Å². The molecule has 3 rings (SSSR count). The molecule has 2 aromatic rings. The number of esters is 3. The number of hydrogen-bond donors (Lipinski definition) is 1. The van der Waals surface area contributed by atoms with Gasteiger partial charge in [0.05, 0.1) is 18.2 Å². The van der Waals surface area contributed by atoms with E-state index in [-0.39, 0.29) is 10.7 Å². The van der Waals surface area contributed by atoms with Crippen LogP contribution in [0.5, 0.6) is 0 Å². The van der Waals surface area contributed by atoms with Gasteiger partial charge in [-0.1, -0.05) is 29.8 Å². The van der Waals surface area contributed by atoms with Gasteiger partial charge in [-0.05, 0) is 42.8 Å². The van der Waals surface area contributed by atoms with E-state index in [9.17, 15) is 14.4 Å². The number of rotatable bonds is 5. The molecule has 0 fully saturated rings. The molecule has 0 aliphatic carbocycles. The molecule has 1 atom stereocenters. The van der Waals surface area contributed by atoms with E-state index in [1.165, 1.54) is 19.2 Å². The summed E-state index contributed by atoms with van der Waals surface area (Å²) in [6, 6.07) is 13.1. The van der Waals surface area contributed by atoms with Crippen molar-refractivity contribution >= 4 is 35.2 Å². The van der Waals surface area contributed by atoms with Crippen LogP contribution in [0.1, 0.15) is 26.3 Å². The summed E-state index contributed by atoms with van der Waals surface area (Å²) in [5, 5.41) is 2.68. The highest BCUT2D eigenvalue weighted by molar-refractivity contribution is 6.42. The third-order valence-corrected chi connectivity index (χ3v) is 4.39. The molecule has 0 saturated heterocycles. The zero-order chi connectivity index (χ0) is 20.3. The van der Waals surface area contributed by atoms with Gasteiger partial charge in [-0.3, -0.25) is 0 Å². The van der Waals surface area contributed by atoms with Crippen LogP contribution in [0.2, 0.25) is 0 Å². The third kappa shape index (κ3) is 3.99. The number of halogens is 1. The molecule has 0 spiro atoms. The normalized spacial score (nSPS) is 15.8. The van der Waals surface area contributed by atoms with Crippen LogP contribution in [-0.2, 0) is 19.0 Å². The van der Waals surface area contributed by atoms with E-state index in [2.05, 4.69) is 10.1 Å². The second kappa shape index (κ2) is 8.14. The van der Waals surface area contributed by atoms with Gasteiger partial charge in [0.2, 0.25) is 0 Å². The molecule has 0 aromatic heterocycles. The summed E-state index contributed by atoms with van der Waals surface area (Å²) in [6.07, 6.45) is -1.31. The number of anilines is 1. The van der Waals surface area contributed by atoms with Crippen molar-refractivity contribution in [3.8, 4) is 0 Å². The van der Waals surface area contributed by atoms with E-state index in [1.54, 1.807) is 43.3 Å². The van der Waals surface area contributed by atoms with E-state index >= 15 is 0 Å². The van der Waals surface area contributed by atoms with Crippen molar-refractivity contribution in [2.75, 3.05) is 12.4 Å². The van der Waals surface area contributed by atoms with Gasteiger partial charge in [-0.2, -0.15) is 0 Å². The lowest BCUT2D eigenvalue weighted by Crippen LogP contribution is -2.24. The van der Waals surface area contributed by atoms with Crippen LogP contribution in [-0.4, -0.2) is 31.3 Å². The van der Waals surface area contributed by atoms with Crippen molar-refractivity contribution < 1.29 is 28.6 Å². The number of methoxy groups -OCH3 is 1. The summed E-state index contributed by atoms with van der Waals surface area (Å²) in [5.41, 5.74) is 2.04. The highest BCUT2D eigenvalue weighted by Crippen LogP contribution is 2.29. The van der Waals surface area contributed by atoms with Gasteiger partial charge in [0.25, 0.3) is 6.29 Å². The number of benzene rings is 2. The standard InChI is InChI=1S/C20H16ClNO6/c1-11-5-3-4-6-14(11)18(24)27-20-16(15(21)19(25)28-20)22-13-9-7-12(8-10-13)17(23)26-2/h3-10,20,22H,1-2H3/t20-/m1/s1. The molecule has 0 radical (unpaired) electrons. The minimum absolute atomic E-state index is 0.0967. The molecule has 8 heteroatoms.